The largest absolute Gasteiger partial charge is 0.399 e. The van der Waals surface area contributed by atoms with Crippen LogP contribution in [0.1, 0.15) is 13.8 Å². The van der Waals surface area contributed by atoms with E-state index in [9.17, 15) is 0 Å². The summed E-state index contributed by atoms with van der Waals surface area (Å²) in [6.45, 7) is 5.83. The lowest BCUT2D eigenvalue weighted by Gasteiger charge is -2.37. The van der Waals surface area contributed by atoms with E-state index >= 15 is 0 Å². The Morgan fingerprint density at radius 3 is 3.07 bits per heavy atom. The second-order valence-corrected chi connectivity index (χ2v) is 4.09. The van der Waals surface area contributed by atoms with Gasteiger partial charge in [-0.1, -0.05) is 0 Å². The molecule has 4 nitrogen and oxygen atoms in total. The van der Waals surface area contributed by atoms with Crippen LogP contribution in [0.4, 0.5) is 11.5 Å². The standard InChI is InChI=1S/C11H17N3O/c1-8-7-15-9(2)6-14(8)11-5-10(12)3-4-13-11/h3-5,8-9H,6-7H2,1-2H3,(H2,12,13). The number of rotatable bonds is 1. The summed E-state index contributed by atoms with van der Waals surface area (Å²) in [5.41, 5.74) is 6.50. The summed E-state index contributed by atoms with van der Waals surface area (Å²) in [5.74, 6) is 0.942. The van der Waals surface area contributed by atoms with Crippen LogP contribution in [0.5, 0.6) is 0 Å². The van der Waals surface area contributed by atoms with Crippen LogP contribution in [0.15, 0.2) is 18.3 Å². The van der Waals surface area contributed by atoms with Gasteiger partial charge in [-0.05, 0) is 19.9 Å². The lowest BCUT2D eigenvalue weighted by atomic mass is 10.2. The molecular formula is C11H17N3O. The van der Waals surface area contributed by atoms with Crippen molar-refractivity contribution < 1.29 is 4.74 Å². The van der Waals surface area contributed by atoms with Crippen LogP contribution in [0.25, 0.3) is 0 Å². The molecule has 15 heavy (non-hydrogen) atoms. The molecule has 1 saturated heterocycles. The van der Waals surface area contributed by atoms with E-state index in [-0.39, 0.29) is 6.10 Å². The monoisotopic (exact) mass is 207 g/mol. The van der Waals surface area contributed by atoms with Crippen LogP contribution in [-0.4, -0.2) is 30.3 Å². The third kappa shape index (κ3) is 2.21. The molecule has 2 unspecified atom stereocenters. The smallest absolute Gasteiger partial charge is 0.130 e. The van der Waals surface area contributed by atoms with Crippen molar-refractivity contribution in [1.29, 1.82) is 0 Å². The predicted molar refractivity (Wildman–Crippen MR) is 60.9 cm³/mol. The zero-order valence-electron chi connectivity index (χ0n) is 9.18. The van der Waals surface area contributed by atoms with Crippen LogP contribution in [-0.2, 0) is 4.74 Å². The average molecular weight is 207 g/mol. The third-order valence-electron chi connectivity index (χ3n) is 2.67. The van der Waals surface area contributed by atoms with E-state index in [4.69, 9.17) is 10.5 Å². The molecule has 0 aromatic carbocycles. The summed E-state index contributed by atoms with van der Waals surface area (Å²) in [7, 11) is 0. The Labute approximate surface area is 90.0 Å². The van der Waals surface area contributed by atoms with Crippen molar-refractivity contribution in [3.05, 3.63) is 18.3 Å². The number of nitrogens with zero attached hydrogens (tertiary/aromatic N) is 2. The first kappa shape index (κ1) is 10.2. The molecule has 1 aromatic heterocycles. The minimum absolute atomic E-state index is 0.254. The quantitative estimate of drug-likeness (QED) is 0.753. The van der Waals surface area contributed by atoms with Gasteiger partial charge in [0.2, 0.25) is 0 Å². The van der Waals surface area contributed by atoms with Crippen molar-refractivity contribution in [3.63, 3.8) is 0 Å². The van der Waals surface area contributed by atoms with Crippen molar-refractivity contribution in [2.75, 3.05) is 23.8 Å². The summed E-state index contributed by atoms with van der Waals surface area (Å²) in [6.07, 6.45) is 2.00. The minimum atomic E-state index is 0.254. The summed E-state index contributed by atoms with van der Waals surface area (Å²) < 4.78 is 5.57. The van der Waals surface area contributed by atoms with E-state index in [1.54, 1.807) is 12.3 Å². The molecule has 1 aliphatic heterocycles. The van der Waals surface area contributed by atoms with Crippen LogP contribution in [0.2, 0.25) is 0 Å². The Balaban J connectivity index is 2.21. The van der Waals surface area contributed by atoms with Gasteiger partial charge >= 0.3 is 0 Å². The Kier molecular flexibility index (Phi) is 2.77. The van der Waals surface area contributed by atoms with E-state index in [2.05, 4.69) is 23.7 Å². The SMILES string of the molecule is CC1CN(c2cc(N)ccn2)C(C)CO1. The highest BCUT2D eigenvalue weighted by atomic mass is 16.5. The first-order chi connectivity index (χ1) is 7.16. The number of morpholine rings is 1. The molecule has 82 valence electrons. The first-order valence-corrected chi connectivity index (χ1v) is 5.26. The number of anilines is 2. The zero-order chi connectivity index (χ0) is 10.8. The van der Waals surface area contributed by atoms with Crippen molar-refractivity contribution in [3.8, 4) is 0 Å². The van der Waals surface area contributed by atoms with Crippen molar-refractivity contribution in [2.45, 2.75) is 26.0 Å². The topological polar surface area (TPSA) is 51.4 Å². The fourth-order valence-electron chi connectivity index (χ4n) is 1.81. The fraction of sp³-hybridized carbons (Fsp3) is 0.545. The van der Waals surface area contributed by atoms with E-state index < -0.39 is 0 Å². The molecule has 2 N–H and O–H groups in total. The van der Waals surface area contributed by atoms with Gasteiger partial charge in [-0.3, -0.25) is 0 Å². The molecule has 1 aromatic rings. The lowest BCUT2D eigenvalue weighted by Crippen LogP contribution is -2.47. The summed E-state index contributed by atoms with van der Waals surface area (Å²) in [6, 6.07) is 4.07. The maximum absolute atomic E-state index is 5.75. The Morgan fingerprint density at radius 2 is 2.33 bits per heavy atom. The Bertz CT molecular complexity index is 342. The number of hydrogen-bond donors (Lipinski definition) is 1. The molecule has 2 atom stereocenters. The van der Waals surface area contributed by atoms with E-state index in [1.807, 2.05) is 6.07 Å². The molecule has 2 heterocycles. The van der Waals surface area contributed by atoms with Crippen LogP contribution in [0.3, 0.4) is 0 Å². The van der Waals surface area contributed by atoms with Gasteiger partial charge < -0.3 is 15.4 Å². The van der Waals surface area contributed by atoms with E-state index in [1.165, 1.54) is 0 Å². The van der Waals surface area contributed by atoms with Gasteiger partial charge in [0.05, 0.1) is 18.8 Å². The molecular weight excluding hydrogens is 190 g/mol. The van der Waals surface area contributed by atoms with E-state index in [0.717, 1.165) is 24.7 Å². The average Bonchev–Trinajstić information content (AvgIpc) is 2.22. The third-order valence-corrected chi connectivity index (χ3v) is 2.67. The van der Waals surface area contributed by atoms with Gasteiger partial charge in [0.25, 0.3) is 0 Å². The molecule has 0 radical (unpaired) electrons. The number of nitrogens with two attached hydrogens (primary N) is 1. The van der Waals surface area contributed by atoms with Crippen molar-refractivity contribution in [1.82, 2.24) is 4.98 Å². The molecule has 1 fully saturated rings. The van der Waals surface area contributed by atoms with E-state index in [0.29, 0.717) is 6.04 Å². The number of nitrogen functional groups attached to an aromatic ring is 1. The van der Waals surface area contributed by atoms with Gasteiger partial charge in [-0.2, -0.15) is 0 Å². The number of hydrogen-bond acceptors (Lipinski definition) is 4. The second kappa shape index (κ2) is 4.06. The summed E-state index contributed by atoms with van der Waals surface area (Å²) in [5, 5.41) is 0. The van der Waals surface area contributed by atoms with Crippen molar-refractivity contribution >= 4 is 11.5 Å². The maximum atomic E-state index is 5.75. The molecule has 0 aliphatic carbocycles. The van der Waals surface area contributed by atoms with Crippen molar-refractivity contribution in [2.24, 2.45) is 0 Å². The second-order valence-electron chi connectivity index (χ2n) is 4.09. The molecule has 0 saturated carbocycles. The van der Waals surface area contributed by atoms with Gasteiger partial charge in [0, 0.05) is 24.5 Å². The number of aromatic nitrogens is 1. The summed E-state index contributed by atoms with van der Waals surface area (Å²) >= 11 is 0. The van der Waals surface area contributed by atoms with Crippen LogP contribution >= 0.6 is 0 Å². The minimum Gasteiger partial charge on any atom is -0.399 e. The molecule has 0 spiro atoms. The Hall–Kier alpha value is -1.29. The zero-order valence-corrected chi connectivity index (χ0v) is 9.18. The number of ether oxygens (including phenoxy) is 1. The highest BCUT2D eigenvalue weighted by molar-refractivity contribution is 5.51. The van der Waals surface area contributed by atoms with Crippen LogP contribution < -0.4 is 10.6 Å². The highest BCUT2D eigenvalue weighted by Gasteiger charge is 2.24. The highest BCUT2D eigenvalue weighted by Crippen LogP contribution is 2.20. The van der Waals surface area contributed by atoms with Gasteiger partial charge in [0.15, 0.2) is 0 Å². The molecule has 0 amide bonds. The first-order valence-electron chi connectivity index (χ1n) is 5.26. The fourth-order valence-corrected chi connectivity index (χ4v) is 1.81. The molecule has 1 aliphatic rings. The lowest BCUT2D eigenvalue weighted by molar-refractivity contribution is 0.0340. The molecule has 2 rings (SSSR count). The predicted octanol–water partition coefficient (Wildman–Crippen LogP) is 1.28. The Morgan fingerprint density at radius 1 is 1.53 bits per heavy atom. The normalized spacial score (nSPS) is 26.7. The summed E-state index contributed by atoms with van der Waals surface area (Å²) in [4.78, 5) is 6.58. The maximum Gasteiger partial charge on any atom is 0.130 e. The molecule has 0 bridgehead atoms. The molecule has 4 heteroatoms. The van der Waals surface area contributed by atoms with Gasteiger partial charge in [0.1, 0.15) is 5.82 Å². The van der Waals surface area contributed by atoms with Gasteiger partial charge in [-0.25, -0.2) is 4.98 Å². The van der Waals surface area contributed by atoms with Gasteiger partial charge in [-0.15, -0.1) is 0 Å². The number of pyridine rings is 1. The van der Waals surface area contributed by atoms with Crippen LogP contribution in [0, 0.1) is 0 Å².